The number of carbonyl (C=O) groups excluding carboxylic acids is 1. The molecule has 1 saturated heterocycles. The van der Waals surface area contributed by atoms with Crippen molar-refractivity contribution in [2.24, 2.45) is 0 Å². The van der Waals surface area contributed by atoms with E-state index in [0.29, 0.717) is 17.4 Å². The van der Waals surface area contributed by atoms with Crippen molar-refractivity contribution in [3.8, 4) is 5.82 Å². The summed E-state index contributed by atoms with van der Waals surface area (Å²) in [7, 11) is 0. The van der Waals surface area contributed by atoms with E-state index >= 15 is 0 Å². The summed E-state index contributed by atoms with van der Waals surface area (Å²) in [5, 5.41) is 21.0. The molecule has 1 aromatic carbocycles. The van der Waals surface area contributed by atoms with E-state index in [2.05, 4.69) is 60.2 Å². The fraction of sp³-hybridized carbons (Fsp3) is 0.421. The molecule has 144 valence electrons. The highest BCUT2D eigenvalue weighted by Gasteiger charge is 2.31. The smallest absolute Gasteiger partial charge is 0.257 e. The quantitative estimate of drug-likeness (QED) is 0.694. The molecule has 1 aliphatic carbocycles. The number of likely N-dealkylation sites (tertiary alicyclic amines) is 1. The molecule has 9 heteroatoms. The number of aromatic amines is 1. The standard InChI is InChI=1S/C19H22N8O/c28-19(17-10-20-23-18(17)27-12-21-24-25-27)22-15-6-3-7-26(11-15)16-8-13-4-1-2-5-14(13)9-16/h1-2,4-5,10,12,15-16H,3,6-9,11H2,(H,20,23)(H,22,28)/t15-/m0/s1. The SMILES string of the molecule is O=C(N[C@H]1CCCN(C2Cc3ccccc3C2)C1)c1cn[nH]c1-n1cnnn1. The summed E-state index contributed by atoms with van der Waals surface area (Å²) in [5.74, 6) is 0.321. The number of fused-ring (bicyclic) bond motifs is 1. The van der Waals surface area contributed by atoms with Crippen LogP contribution in [0.2, 0.25) is 0 Å². The van der Waals surface area contributed by atoms with Crippen LogP contribution < -0.4 is 5.32 Å². The first-order valence-electron chi connectivity index (χ1n) is 9.66. The van der Waals surface area contributed by atoms with Crippen LogP contribution in [0.15, 0.2) is 36.8 Å². The van der Waals surface area contributed by atoms with Crippen LogP contribution in [0.4, 0.5) is 0 Å². The molecule has 1 atom stereocenters. The predicted octanol–water partition coefficient (Wildman–Crippen LogP) is 0.747. The normalized spacial score (nSPS) is 20.2. The van der Waals surface area contributed by atoms with Crippen LogP contribution in [0.25, 0.3) is 5.82 Å². The van der Waals surface area contributed by atoms with Crippen molar-refractivity contribution in [1.82, 2.24) is 40.6 Å². The number of hydrogen-bond acceptors (Lipinski definition) is 6. The molecule has 9 nitrogen and oxygen atoms in total. The Kier molecular flexibility index (Phi) is 4.36. The molecule has 0 spiro atoms. The molecule has 2 N–H and O–H groups in total. The van der Waals surface area contributed by atoms with Gasteiger partial charge in [-0.1, -0.05) is 24.3 Å². The highest BCUT2D eigenvalue weighted by molar-refractivity contribution is 5.97. The number of piperidine rings is 1. The van der Waals surface area contributed by atoms with E-state index in [9.17, 15) is 4.79 Å². The second kappa shape index (κ2) is 7.16. The zero-order chi connectivity index (χ0) is 18.9. The number of rotatable bonds is 4. The van der Waals surface area contributed by atoms with Gasteiger partial charge >= 0.3 is 0 Å². The first-order valence-corrected chi connectivity index (χ1v) is 9.66. The van der Waals surface area contributed by atoms with E-state index in [1.807, 2.05) is 0 Å². The van der Waals surface area contributed by atoms with E-state index < -0.39 is 0 Å². The summed E-state index contributed by atoms with van der Waals surface area (Å²) in [6, 6.07) is 9.36. The molecule has 1 amide bonds. The summed E-state index contributed by atoms with van der Waals surface area (Å²) in [5.41, 5.74) is 3.36. The van der Waals surface area contributed by atoms with Crippen molar-refractivity contribution in [3.63, 3.8) is 0 Å². The van der Waals surface area contributed by atoms with Crippen molar-refractivity contribution in [1.29, 1.82) is 0 Å². The maximum atomic E-state index is 12.8. The third-order valence-electron chi connectivity index (χ3n) is 5.78. The molecule has 5 rings (SSSR count). The van der Waals surface area contributed by atoms with Gasteiger partial charge in [0.1, 0.15) is 11.9 Å². The van der Waals surface area contributed by atoms with Crippen LogP contribution in [-0.4, -0.2) is 66.4 Å². The summed E-state index contributed by atoms with van der Waals surface area (Å²) < 4.78 is 1.41. The number of nitrogens with one attached hydrogen (secondary N) is 2. The molecule has 0 saturated carbocycles. The Hall–Kier alpha value is -3.07. The van der Waals surface area contributed by atoms with Gasteiger partial charge in [-0.25, -0.2) is 0 Å². The number of benzene rings is 1. The zero-order valence-corrected chi connectivity index (χ0v) is 15.5. The third-order valence-corrected chi connectivity index (χ3v) is 5.78. The number of nitrogens with zero attached hydrogens (tertiary/aromatic N) is 6. The average molecular weight is 378 g/mol. The minimum absolute atomic E-state index is 0.126. The molecule has 3 aromatic rings. The lowest BCUT2D eigenvalue weighted by molar-refractivity contribution is 0.0876. The molecule has 2 aliphatic rings. The van der Waals surface area contributed by atoms with Crippen LogP contribution in [0, 0.1) is 0 Å². The monoisotopic (exact) mass is 378 g/mol. The van der Waals surface area contributed by atoms with Crippen LogP contribution in [0.5, 0.6) is 0 Å². The number of carbonyl (C=O) groups is 1. The van der Waals surface area contributed by atoms with E-state index in [-0.39, 0.29) is 11.9 Å². The Balaban J connectivity index is 1.24. The highest BCUT2D eigenvalue weighted by atomic mass is 16.1. The van der Waals surface area contributed by atoms with Crippen molar-refractivity contribution >= 4 is 5.91 Å². The van der Waals surface area contributed by atoms with Crippen LogP contribution in [0.3, 0.4) is 0 Å². The maximum Gasteiger partial charge on any atom is 0.257 e. The summed E-state index contributed by atoms with van der Waals surface area (Å²) in [6.45, 7) is 1.97. The molecule has 1 fully saturated rings. The predicted molar refractivity (Wildman–Crippen MR) is 101 cm³/mol. The van der Waals surface area contributed by atoms with Crippen LogP contribution in [-0.2, 0) is 12.8 Å². The fourth-order valence-corrected chi connectivity index (χ4v) is 4.40. The second-order valence-corrected chi connectivity index (χ2v) is 7.53. The molecule has 1 aliphatic heterocycles. The van der Waals surface area contributed by atoms with Gasteiger partial charge in [-0.05, 0) is 53.8 Å². The van der Waals surface area contributed by atoms with Crippen molar-refractivity contribution in [2.45, 2.75) is 37.8 Å². The largest absolute Gasteiger partial charge is 0.348 e. The van der Waals surface area contributed by atoms with Gasteiger partial charge in [-0.2, -0.15) is 9.78 Å². The number of hydrogen-bond donors (Lipinski definition) is 2. The van der Waals surface area contributed by atoms with E-state index in [1.54, 1.807) is 0 Å². The topological polar surface area (TPSA) is 105 Å². The minimum Gasteiger partial charge on any atom is -0.348 e. The zero-order valence-electron chi connectivity index (χ0n) is 15.5. The Bertz CT molecular complexity index is 941. The van der Waals surface area contributed by atoms with Crippen LogP contribution in [0.1, 0.15) is 34.3 Å². The molecule has 2 aromatic heterocycles. The third kappa shape index (κ3) is 3.18. The number of aromatic nitrogens is 6. The molecular weight excluding hydrogens is 356 g/mol. The molecule has 0 unspecified atom stereocenters. The molecule has 0 bridgehead atoms. The van der Waals surface area contributed by atoms with Gasteiger partial charge in [0, 0.05) is 18.6 Å². The number of tetrazole rings is 1. The van der Waals surface area contributed by atoms with Gasteiger partial charge < -0.3 is 5.32 Å². The van der Waals surface area contributed by atoms with Crippen molar-refractivity contribution in [3.05, 3.63) is 53.5 Å². The summed E-state index contributed by atoms with van der Waals surface area (Å²) in [4.78, 5) is 15.4. The first-order chi connectivity index (χ1) is 13.8. The summed E-state index contributed by atoms with van der Waals surface area (Å²) >= 11 is 0. The highest BCUT2D eigenvalue weighted by Crippen LogP contribution is 2.27. The lowest BCUT2D eigenvalue weighted by Crippen LogP contribution is -2.51. The summed E-state index contributed by atoms with van der Waals surface area (Å²) in [6.07, 6.45) is 7.22. The van der Waals surface area contributed by atoms with Crippen molar-refractivity contribution < 1.29 is 4.79 Å². The minimum atomic E-state index is -0.152. The second-order valence-electron chi connectivity index (χ2n) is 7.53. The Morgan fingerprint density at radius 2 is 2.04 bits per heavy atom. The van der Waals surface area contributed by atoms with Gasteiger partial charge in [0.15, 0.2) is 5.82 Å². The van der Waals surface area contributed by atoms with E-state index in [4.69, 9.17) is 0 Å². The average Bonchev–Trinajstić information content (AvgIpc) is 3.47. The lowest BCUT2D eigenvalue weighted by Gasteiger charge is -2.37. The fourth-order valence-electron chi connectivity index (χ4n) is 4.40. The number of amides is 1. The van der Waals surface area contributed by atoms with Gasteiger partial charge in [-0.3, -0.25) is 14.8 Å². The molecular formula is C19H22N8O. The van der Waals surface area contributed by atoms with Crippen molar-refractivity contribution in [2.75, 3.05) is 13.1 Å². The van der Waals surface area contributed by atoms with E-state index in [1.165, 1.54) is 28.3 Å². The molecule has 28 heavy (non-hydrogen) atoms. The van der Waals surface area contributed by atoms with Gasteiger partial charge in [0.25, 0.3) is 5.91 Å². The van der Waals surface area contributed by atoms with Gasteiger partial charge in [0.2, 0.25) is 0 Å². The van der Waals surface area contributed by atoms with Gasteiger partial charge in [0.05, 0.1) is 6.20 Å². The first kappa shape index (κ1) is 17.1. The number of H-pyrrole nitrogens is 1. The maximum absolute atomic E-state index is 12.8. The Morgan fingerprint density at radius 1 is 1.21 bits per heavy atom. The lowest BCUT2D eigenvalue weighted by atomic mass is 10.0. The Labute approximate surface area is 162 Å². The molecule has 3 heterocycles. The Morgan fingerprint density at radius 3 is 2.79 bits per heavy atom. The van der Waals surface area contributed by atoms with E-state index in [0.717, 1.165) is 38.8 Å². The molecule has 0 radical (unpaired) electrons. The van der Waals surface area contributed by atoms with Crippen LogP contribution >= 0.6 is 0 Å². The van der Waals surface area contributed by atoms with Gasteiger partial charge in [-0.15, -0.1) is 5.10 Å².